The predicted molar refractivity (Wildman–Crippen MR) is 112 cm³/mol. The zero-order valence-electron chi connectivity index (χ0n) is 17.5. The molecule has 0 aliphatic carbocycles. The molecule has 1 fully saturated rings. The van der Waals surface area contributed by atoms with Crippen molar-refractivity contribution in [3.05, 3.63) is 40.6 Å². The van der Waals surface area contributed by atoms with Crippen LogP contribution in [0.5, 0.6) is 0 Å². The summed E-state index contributed by atoms with van der Waals surface area (Å²) in [6.45, 7) is 2.78. The third-order valence-electron chi connectivity index (χ3n) is 5.36. The molecule has 0 spiro atoms. The number of urea groups is 1. The molecule has 3 heterocycles. The standard InChI is InChI=1S/C20H24F3N7O2/c1-25-18-27-16-11-30(19(31)29-2-4-32-5-3-29)10-15(16)17(28-18)26-9-12-6-13(20(21,22)23)8-14(24)7-12/h6-8H,2-5,9-11,24H2,1H3,(H2,25,26,27,28). The average Bonchev–Trinajstić information content (AvgIpc) is 3.20. The van der Waals surface area contributed by atoms with Crippen molar-refractivity contribution in [2.75, 3.05) is 49.7 Å². The van der Waals surface area contributed by atoms with E-state index in [-0.39, 0.29) is 18.3 Å². The highest BCUT2D eigenvalue weighted by molar-refractivity contribution is 5.76. The van der Waals surface area contributed by atoms with Crippen molar-refractivity contribution >= 4 is 23.5 Å². The SMILES string of the molecule is CNc1nc2c(c(NCc3cc(N)cc(C(F)(F)F)c3)n1)CN(C(=O)N1CCOCC1)C2. The summed E-state index contributed by atoms with van der Waals surface area (Å²) in [6, 6.07) is 3.34. The first-order chi connectivity index (χ1) is 15.2. The second kappa shape index (κ2) is 8.69. The molecule has 0 unspecified atom stereocenters. The fourth-order valence-electron chi connectivity index (χ4n) is 3.77. The van der Waals surface area contributed by atoms with Gasteiger partial charge >= 0.3 is 12.2 Å². The zero-order chi connectivity index (χ0) is 22.9. The quantitative estimate of drug-likeness (QED) is 0.613. The van der Waals surface area contributed by atoms with Gasteiger partial charge in [0.1, 0.15) is 5.82 Å². The minimum atomic E-state index is -4.49. The van der Waals surface area contributed by atoms with Gasteiger partial charge in [0.05, 0.1) is 37.6 Å². The Morgan fingerprint density at radius 3 is 2.59 bits per heavy atom. The molecule has 9 nitrogen and oxygen atoms in total. The molecule has 12 heteroatoms. The first-order valence-corrected chi connectivity index (χ1v) is 10.1. The highest BCUT2D eigenvalue weighted by Crippen LogP contribution is 2.32. The van der Waals surface area contributed by atoms with Gasteiger partial charge in [-0.15, -0.1) is 0 Å². The highest BCUT2D eigenvalue weighted by atomic mass is 19.4. The molecule has 172 valence electrons. The van der Waals surface area contributed by atoms with Crippen LogP contribution in [-0.4, -0.2) is 59.1 Å². The van der Waals surface area contributed by atoms with Gasteiger partial charge in [-0.05, 0) is 23.8 Å². The number of ether oxygens (including phenoxy) is 1. The number of benzene rings is 1. The molecule has 2 amide bonds. The monoisotopic (exact) mass is 451 g/mol. The van der Waals surface area contributed by atoms with Gasteiger partial charge in [0.2, 0.25) is 5.95 Å². The second-order valence-electron chi connectivity index (χ2n) is 7.62. The van der Waals surface area contributed by atoms with Crippen LogP contribution in [0, 0.1) is 0 Å². The fourth-order valence-corrected chi connectivity index (χ4v) is 3.77. The third kappa shape index (κ3) is 4.64. The van der Waals surface area contributed by atoms with Crippen LogP contribution in [0.4, 0.5) is 35.4 Å². The molecule has 2 aliphatic heterocycles. The van der Waals surface area contributed by atoms with Crippen molar-refractivity contribution in [1.29, 1.82) is 0 Å². The molecule has 0 atom stereocenters. The number of aromatic nitrogens is 2. The van der Waals surface area contributed by atoms with Crippen molar-refractivity contribution in [1.82, 2.24) is 19.8 Å². The lowest BCUT2D eigenvalue weighted by Crippen LogP contribution is -2.46. The summed E-state index contributed by atoms with van der Waals surface area (Å²) in [5.74, 6) is 0.822. The van der Waals surface area contributed by atoms with Crippen LogP contribution in [0.15, 0.2) is 18.2 Å². The van der Waals surface area contributed by atoms with Crippen molar-refractivity contribution in [2.24, 2.45) is 0 Å². The van der Waals surface area contributed by atoms with E-state index in [9.17, 15) is 18.0 Å². The predicted octanol–water partition coefficient (Wildman–Crippen LogP) is 2.50. The van der Waals surface area contributed by atoms with Crippen LogP contribution >= 0.6 is 0 Å². The Hall–Kier alpha value is -3.28. The molecular formula is C20H24F3N7O2. The summed E-state index contributed by atoms with van der Waals surface area (Å²) in [4.78, 5) is 25.2. The largest absolute Gasteiger partial charge is 0.416 e. The first-order valence-electron chi connectivity index (χ1n) is 10.1. The maximum absolute atomic E-state index is 13.1. The number of halogens is 3. The molecule has 0 radical (unpaired) electrons. The summed E-state index contributed by atoms with van der Waals surface area (Å²) in [6.07, 6.45) is -4.49. The summed E-state index contributed by atoms with van der Waals surface area (Å²) in [5.41, 5.74) is 6.69. The lowest BCUT2D eigenvalue weighted by atomic mass is 10.1. The van der Waals surface area contributed by atoms with Gasteiger partial charge in [-0.1, -0.05) is 0 Å². The number of amides is 2. The Balaban J connectivity index is 1.53. The molecule has 2 aliphatic rings. The fraction of sp³-hybridized carbons (Fsp3) is 0.450. The van der Waals surface area contributed by atoms with Gasteiger partial charge in [-0.2, -0.15) is 18.2 Å². The van der Waals surface area contributed by atoms with Crippen molar-refractivity contribution in [2.45, 2.75) is 25.8 Å². The molecule has 1 saturated heterocycles. The number of hydrogen-bond acceptors (Lipinski definition) is 7. The second-order valence-corrected chi connectivity index (χ2v) is 7.62. The minimum absolute atomic E-state index is 0.0303. The summed E-state index contributed by atoms with van der Waals surface area (Å²) in [7, 11) is 1.67. The number of nitrogens with one attached hydrogen (secondary N) is 2. The van der Waals surface area contributed by atoms with Gasteiger partial charge in [0, 0.05) is 37.9 Å². The van der Waals surface area contributed by atoms with Crippen LogP contribution < -0.4 is 16.4 Å². The first kappa shape index (κ1) is 21.9. The van der Waals surface area contributed by atoms with E-state index in [1.54, 1.807) is 16.8 Å². The number of fused-ring (bicyclic) bond motifs is 1. The van der Waals surface area contributed by atoms with E-state index in [0.29, 0.717) is 62.4 Å². The molecule has 4 N–H and O–H groups in total. The molecule has 1 aromatic heterocycles. The number of nitrogens with two attached hydrogens (primary N) is 1. The minimum Gasteiger partial charge on any atom is -0.399 e. The summed E-state index contributed by atoms with van der Waals surface area (Å²) in [5, 5.41) is 5.97. The molecule has 32 heavy (non-hydrogen) atoms. The van der Waals surface area contributed by atoms with E-state index in [1.165, 1.54) is 6.07 Å². The smallest absolute Gasteiger partial charge is 0.399 e. The van der Waals surface area contributed by atoms with Gasteiger partial charge < -0.3 is 30.9 Å². The number of carbonyl (C=O) groups excluding carboxylic acids is 1. The Morgan fingerprint density at radius 2 is 1.91 bits per heavy atom. The van der Waals surface area contributed by atoms with Crippen molar-refractivity contribution in [3.8, 4) is 0 Å². The van der Waals surface area contributed by atoms with Gasteiger partial charge in [-0.25, -0.2) is 9.78 Å². The van der Waals surface area contributed by atoms with Crippen LogP contribution in [0.2, 0.25) is 0 Å². The molecule has 0 saturated carbocycles. The number of alkyl halides is 3. The maximum atomic E-state index is 13.1. The van der Waals surface area contributed by atoms with Crippen molar-refractivity contribution < 1.29 is 22.7 Å². The molecule has 4 rings (SSSR count). The molecular weight excluding hydrogens is 427 g/mol. The lowest BCUT2D eigenvalue weighted by Gasteiger charge is -2.30. The van der Waals surface area contributed by atoms with Gasteiger partial charge in [0.15, 0.2) is 0 Å². The van der Waals surface area contributed by atoms with Crippen LogP contribution in [0.3, 0.4) is 0 Å². The van der Waals surface area contributed by atoms with Gasteiger partial charge in [0.25, 0.3) is 0 Å². The normalized spacial score (nSPS) is 16.1. The van der Waals surface area contributed by atoms with E-state index in [2.05, 4.69) is 20.6 Å². The van der Waals surface area contributed by atoms with Crippen LogP contribution in [0.25, 0.3) is 0 Å². The number of hydrogen-bond donors (Lipinski definition) is 3. The average molecular weight is 451 g/mol. The van der Waals surface area contributed by atoms with E-state index in [0.717, 1.165) is 17.7 Å². The topological polar surface area (TPSA) is 109 Å². The Bertz CT molecular complexity index is 1010. The van der Waals surface area contributed by atoms with E-state index in [1.807, 2.05) is 0 Å². The number of anilines is 3. The number of morpholine rings is 1. The zero-order valence-corrected chi connectivity index (χ0v) is 17.5. The van der Waals surface area contributed by atoms with E-state index < -0.39 is 11.7 Å². The maximum Gasteiger partial charge on any atom is 0.416 e. The molecule has 2 aromatic rings. The number of rotatable bonds is 4. The Labute approximate surface area is 182 Å². The van der Waals surface area contributed by atoms with E-state index >= 15 is 0 Å². The van der Waals surface area contributed by atoms with Gasteiger partial charge in [-0.3, -0.25) is 0 Å². The Kier molecular flexibility index (Phi) is 5.96. The van der Waals surface area contributed by atoms with Crippen LogP contribution in [0.1, 0.15) is 22.4 Å². The molecule has 1 aromatic carbocycles. The number of carbonyl (C=O) groups is 1. The Morgan fingerprint density at radius 1 is 1.16 bits per heavy atom. The van der Waals surface area contributed by atoms with Crippen LogP contribution in [-0.2, 0) is 30.5 Å². The number of nitrogens with zero attached hydrogens (tertiary/aromatic N) is 4. The number of nitrogen functional groups attached to an aromatic ring is 1. The lowest BCUT2D eigenvalue weighted by molar-refractivity contribution is -0.137. The third-order valence-corrected chi connectivity index (χ3v) is 5.36. The summed E-state index contributed by atoms with van der Waals surface area (Å²) >= 11 is 0. The molecule has 0 bridgehead atoms. The summed E-state index contributed by atoms with van der Waals surface area (Å²) < 4.78 is 44.6. The van der Waals surface area contributed by atoms with Crippen molar-refractivity contribution in [3.63, 3.8) is 0 Å². The van der Waals surface area contributed by atoms with E-state index in [4.69, 9.17) is 10.5 Å². The highest BCUT2D eigenvalue weighted by Gasteiger charge is 2.32.